The van der Waals surface area contributed by atoms with Gasteiger partial charge in [0.1, 0.15) is 6.54 Å². The molecule has 1 amide bonds. The van der Waals surface area contributed by atoms with E-state index < -0.39 is 0 Å². The van der Waals surface area contributed by atoms with Crippen molar-refractivity contribution >= 4 is 46.2 Å². The van der Waals surface area contributed by atoms with Crippen LogP contribution >= 0.6 is 23.2 Å². The SMILES string of the molecule is Cc1cc(C)n(CC(=O)C2CC(c3ccc(Cl)cc3NC(=O)c3cccc(Cl)c3)=CCN2)n1. The van der Waals surface area contributed by atoms with Gasteiger partial charge in [-0.3, -0.25) is 14.3 Å². The van der Waals surface area contributed by atoms with Gasteiger partial charge in [0.25, 0.3) is 5.91 Å². The Balaban J connectivity index is 1.53. The number of amides is 1. The van der Waals surface area contributed by atoms with Gasteiger partial charge < -0.3 is 10.6 Å². The van der Waals surface area contributed by atoms with Crippen molar-refractivity contribution in [3.63, 3.8) is 0 Å². The minimum absolute atomic E-state index is 0.0604. The van der Waals surface area contributed by atoms with Crippen LogP contribution in [0.15, 0.2) is 54.6 Å². The molecule has 0 radical (unpaired) electrons. The maximum atomic E-state index is 13.0. The van der Waals surface area contributed by atoms with Crippen LogP contribution in [-0.2, 0) is 11.3 Å². The predicted molar refractivity (Wildman–Crippen MR) is 132 cm³/mol. The number of aryl methyl sites for hydroxylation is 2. The van der Waals surface area contributed by atoms with Gasteiger partial charge in [-0.15, -0.1) is 0 Å². The van der Waals surface area contributed by atoms with Crippen LogP contribution in [0, 0.1) is 13.8 Å². The summed E-state index contributed by atoms with van der Waals surface area (Å²) in [5, 5.41) is 11.6. The Hall–Kier alpha value is -2.93. The maximum absolute atomic E-state index is 13.0. The largest absolute Gasteiger partial charge is 0.321 e. The molecule has 1 unspecified atom stereocenters. The predicted octanol–water partition coefficient (Wildman–Crippen LogP) is 5.07. The number of nitrogens with zero attached hydrogens (tertiary/aromatic N) is 2. The highest BCUT2D eigenvalue weighted by molar-refractivity contribution is 6.31. The number of anilines is 1. The minimum atomic E-state index is -0.346. The van der Waals surface area contributed by atoms with E-state index in [0.29, 0.717) is 34.3 Å². The number of rotatable bonds is 6. The lowest BCUT2D eigenvalue weighted by Gasteiger charge is -2.25. The van der Waals surface area contributed by atoms with Gasteiger partial charge in [-0.2, -0.15) is 5.10 Å². The van der Waals surface area contributed by atoms with E-state index in [4.69, 9.17) is 23.2 Å². The molecule has 1 aromatic heterocycles. The summed E-state index contributed by atoms with van der Waals surface area (Å²) in [6, 6.07) is 13.7. The molecule has 1 aliphatic heterocycles. The summed E-state index contributed by atoms with van der Waals surface area (Å²) in [4.78, 5) is 25.8. The first-order chi connectivity index (χ1) is 15.8. The smallest absolute Gasteiger partial charge is 0.255 e. The third-order valence-corrected chi connectivity index (χ3v) is 6.07. The first kappa shape index (κ1) is 23.2. The first-order valence-electron chi connectivity index (χ1n) is 10.6. The topological polar surface area (TPSA) is 76.0 Å². The zero-order valence-electron chi connectivity index (χ0n) is 18.4. The highest BCUT2D eigenvalue weighted by Gasteiger charge is 2.25. The molecule has 0 aliphatic carbocycles. The number of carbonyl (C=O) groups excluding carboxylic acids is 2. The van der Waals surface area contributed by atoms with Crippen LogP contribution in [0.2, 0.25) is 10.0 Å². The van der Waals surface area contributed by atoms with E-state index in [2.05, 4.69) is 15.7 Å². The number of carbonyl (C=O) groups is 2. The van der Waals surface area contributed by atoms with Crippen molar-refractivity contribution in [1.29, 1.82) is 0 Å². The summed E-state index contributed by atoms with van der Waals surface area (Å²) < 4.78 is 1.73. The third-order valence-electron chi connectivity index (χ3n) is 5.60. The van der Waals surface area contributed by atoms with Crippen LogP contribution in [0.25, 0.3) is 5.57 Å². The number of hydrogen-bond donors (Lipinski definition) is 2. The van der Waals surface area contributed by atoms with Crippen molar-refractivity contribution in [2.24, 2.45) is 0 Å². The zero-order chi connectivity index (χ0) is 23.5. The van der Waals surface area contributed by atoms with Gasteiger partial charge in [0.15, 0.2) is 5.78 Å². The fourth-order valence-electron chi connectivity index (χ4n) is 3.96. The van der Waals surface area contributed by atoms with Crippen molar-refractivity contribution in [3.8, 4) is 0 Å². The van der Waals surface area contributed by atoms with Crippen LogP contribution in [0.1, 0.15) is 33.7 Å². The Morgan fingerprint density at radius 3 is 2.64 bits per heavy atom. The van der Waals surface area contributed by atoms with Gasteiger partial charge in [-0.05, 0) is 62.2 Å². The van der Waals surface area contributed by atoms with Crippen molar-refractivity contribution in [2.45, 2.75) is 32.9 Å². The molecule has 2 heterocycles. The molecule has 170 valence electrons. The van der Waals surface area contributed by atoms with Gasteiger partial charge in [-0.25, -0.2) is 0 Å². The molecule has 6 nitrogen and oxygen atoms in total. The Kier molecular flexibility index (Phi) is 6.98. The molecule has 33 heavy (non-hydrogen) atoms. The van der Waals surface area contributed by atoms with Crippen LogP contribution in [0.5, 0.6) is 0 Å². The summed E-state index contributed by atoms with van der Waals surface area (Å²) >= 11 is 12.3. The van der Waals surface area contributed by atoms with Gasteiger partial charge >= 0.3 is 0 Å². The van der Waals surface area contributed by atoms with E-state index in [-0.39, 0.29) is 24.3 Å². The van der Waals surface area contributed by atoms with E-state index in [1.807, 2.05) is 32.1 Å². The number of aromatic nitrogens is 2. The van der Waals surface area contributed by atoms with Crippen molar-refractivity contribution in [2.75, 3.05) is 11.9 Å². The second kappa shape index (κ2) is 9.91. The van der Waals surface area contributed by atoms with Gasteiger partial charge in [0.05, 0.1) is 17.4 Å². The quantitative estimate of drug-likeness (QED) is 0.513. The molecule has 3 aromatic rings. The van der Waals surface area contributed by atoms with Gasteiger partial charge in [0.2, 0.25) is 0 Å². The monoisotopic (exact) mass is 482 g/mol. The Morgan fingerprint density at radius 2 is 1.91 bits per heavy atom. The zero-order valence-corrected chi connectivity index (χ0v) is 19.9. The molecular weight excluding hydrogens is 459 g/mol. The summed E-state index contributed by atoms with van der Waals surface area (Å²) in [6.07, 6.45) is 2.53. The van der Waals surface area contributed by atoms with E-state index in [1.54, 1.807) is 41.1 Å². The molecule has 2 N–H and O–H groups in total. The number of benzene rings is 2. The molecule has 1 aliphatic rings. The average molecular weight is 483 g/mol. The number of hydrogen-bond acceptors (Lipinski definition) is 4. The molecule has 0 spiro atoms. The van der Waals surface area contributed by atoms with Crippen LogP contribution in [0.3, 0.4) is 0 Å². The van der Waals surface area contributed by atoms with Gasteiger partial charge in [0, 0.05) is 33.4 Å². The van der Waals surface area contributed by atoms with Crippen molar-refractivity contribution < 1.29 is 9.59 Å². The molecule has 0 saturated heterocycles. The van der Waals surface area contributed by atoms with Crippen molar-refractivity contribution in [1.82, 2.24) is 15.1 Å². The van der Waals surface area contributed by atoms with E-state index >= 15 is 0 Å². The van der Waals surface area contributed by atoms with E-state index in [1.165, 1.54) is 0 Å². The van der Waals surface area contributed by atoms with Crippen LogP contribution in [-0.4, -0.2) is 34.1 Å². The molecule has 0 fully saturated rings. The fourth-order valence-corrected chi connectivity index (χ4v) is 4.33. The molecule has 2 aromatic carbocycles. The lowest BCUT2D eigenvalue weighted by atomic mass is 9.92. The Morgan fingerprint density at radius 1 is 1.12 bits per heavy atom. The standard InChI is InChI=1S/C25H24Cl2N4O2/c1-15-10-16(2)31(30-15)14-24(32)23-12-17(8-9-28-23)21-7-6-20(27)13-22(21)29-25(33)18-4-3-5-19(26)11-18/h3-8,10-11,13,23,28H,9,12,14H2,1-2H3,(H,29,33). The summed E-state index contributed by atoms with van der Waals surface area (Å²) in [6.45, 7) is 4.61. The highest BCUT2D eigenvalue weighted by atomic mass is 35.5. The molecule has 1 atom stereocenters. The molecule has 4 rings (SSSR count). The third kappa shape index (κ3) is 5.53. The molecule has 0 saturated carbocycles. The first-order valence-corrected chi connectivity index (χ1v) is 11.4. The summed E-state index contributed by atoms with van der Waals surface area (Å²) in [5.41, 5.74) is 4.68. The highest BCUT2D eigenvalue weighted by Crippen LogP contribution is 2.32. The second-order valence-corrected chi connectivity index (χ2v) is 8.97. The molecular formula is C25H24Cl2N4O2. The van der Waals surface area contributed by atoms with E-state index in [9.17, 15) is 9.59 Å². The lowest BCUT2D eigenvalue weighted by Crippen LogP contribution is -2.41. The summed E-state index contributed by atoms with van der Waals surface area (Å²) in [5.74, 6) is -0.224. The van der Waals surface area contributed by atoms with Crippen molar-refractivity contribution in [3.05, 3.63) is 87.2 Å². The molecule has 0 bridgehead atoms. The maximum Gasteiger partial charge on any atom is 0.255 e. The fraction of sp³-hybridized carbons (Fsp3) is 0.240. The van der Waals surface area contributed by atoms with E-state index in [0.717, 1.165) is 22.5 Å². The van der Waals surface area contributed by atoms with Crippen LogP contribution < -0.4 is 10.6 Å². The Bertz CT molecular complexity index is 1250. The number of ketones is 1. The molecule has 8 heteroatoms. The number of nitrogens with one attached hydrogen (secondary N) is 2. The summed E-state index contributed by atoms with van der Waals surface area (Å²) in [7, 11) is 0. The Labute approximate surface area is 202 Å². The number of halogens is 2. The van der Waals surface area contributed by atoms with Crippen LogP contribution in [0.4, 0.5) is 5.69 Å². The minimum Gasteiger partial charge on any atom is -0.321 e. The lowest BCUT2D eigenvalue weighted by molar-refractivity contribution is -0.121. The van der Waals surface area contributed by atoms with Gasteiger partial charge in [-0.1, -0.05) is 41.4 Å². The average Bonchev–Trinajstić information content (AvgIpc) is 3.10. The normalized spacial score (nSPS) is 15.8. The number of Topliss-reactive ketones (excluding diaryl/α,β-unsaturated/α-hetero) is 1. The second-order valence-electron chi connectivity index (χ2n) is 8.10.